The first-order valence-electron chi connectivity index (χ1n) is 9.76. The Morgan fingerprint density at radius 1 is 0.903 bits per heavy atom. The molecule has 0 aliphatic carbocycles. The molecule has 0 aromatic heterocycles. The number of esters is 1. The molecule has 3 aromatic rings. The summed E-state index contributed by atoms with van der Waals surface area (Å²) >= 11 is 0. The Labute approximate surface area is 181 Å². The molecular weight excluding hydrogens is 394 g/mol. The zero-order valence-electron chi connectivity index (χ0n) is 17.3. The molecule has 0 unspecified atom stereocenters. The Hall–Kier alpha value is -4.06. The van der Waals surface area contributed by atoms with Gasteiger partial charge in [0.1, 0.15) is 17.2 Å². The fourth-order valence-electron chi connectivity index (χ4n) is 2.77. The van der Waals surface area contributed by atoms with E-state index in [4.69, 9.17) is 14.2 Å². The van der Waals surface area contributed by atoms with Gasteiger partial charge in [-0.25, -0.2) is 4.79 Å². The van der Waals surface area contributed by atoms with Crippen molar-refractivity contribution in [3.05, 3.63) is 90.0 Å². The number of carbonyl (C=O) groups is 2. The van der Waals surface area contributed by atoms with Gasteiger partial charge in [-0.05, 0) is 67.6 Å². The van der Waals surface area contributed by atoms with Crippen LogP contribution in [0.2, 0.25) is 0 Å². The molecule has 158 valence electrons. The summed E-state index contributed by atoms with van der Waals surface area (Å²) in [5.74, 6) is 0.951. The van der Waals surface area contributed by atoms with E-state index in [0.717, 1.165) is 5.56 Å². The molecule has 0 radical (unpaired) electrons. The first-order chi connectivity index (χ1) is 15.1. The van der Waals surface area contributed by atoms with Crippen LogP contribution in [0.25, 0.3) is 6.08 Å². The molecule has 3 rings (SSSR count). The second kappa shape index (κ2) is 10.6. The van der Waals surface area contributed by atoms with Crippen molar-refractivity contribution in [1.82, 2.24) is 0 Å². The van der Waals surface area contributed by atoms with Gasteiger partial charge in [0.2, 0.25) is 0 Å². The summed E-state index contributed by atoms with van der Waals surface area (Å²) in [6.45, 7) is 2.43. The zero-order valence-corrected chi connectivity index (χ0v) is 17.3. The lowest BCUT2D eigenvalue weighted by Gasteiger charge is -2.07. The van der Waals surface area contributed by atoms with Crippen LogP contribution in [-0.2, 0) is 4.79 Å². The number of rotatable bonds is 8. The van der Waals surface area contributed by atoms with Gasteiger partial charge in [0.05, 0.1) is 13.7 Å². The van der Waals surface area contributed by atoms with Crippen LogP contribution in [0.4, 0.5) is 5.69 Å². The fourth-order valence-corrected chi connectivity index (χ4v) is 2.77. The van der Waals surface area contributed by atoms with Crippen LogP contribution < -0.4 is 19.5 Å². The van der Waals surface area contributed by atoms with E-state index < -0.39 is 5.97 Å². The highest BCUT2D eigenvalue weighted by molar-refractivity contribution is 6.04. The average Bonchev–Trinajstić information content (AvgIpc) is 2.79. The lowest BCUT2D eigenvalue weighted by Crippen LogP contribution is -2.12. The van der Waals surface area contributed by atoms with E-state index >= 15 is 0 Å². The zero-order chi connectivity index (χ0) is 22.1. The standard InChI is InChI=1S/C25H23NO5/c1-3-30-23-7-5-4-6-18(23)10-17-24(27)31-22-13-8-19(9-14-22)25(28)26-20-11-15-21(29-2)16-12-20/h4-17H,3H2,1-2H3,(H,26,28)/b17-10+. The van der Waals surface area contributed by atoms with Gasteiger partial charge in [0.25, 0.3) is 5.91 Å². The van der Waals surface area contributed by atoms with Crippen molar-refractivity contribution >= 4 is 23.6 Å². The summed E-state index contributed by atoms with van der Waals surface area (Å²) in [4.78, 5) is 24.5. The average molecular weight is 417 g/mol. The van der Waals surface area contributed by atoms with E-state index in [1.54, 1.807) is 61.7 Å². The number of benzene rings is 3. The van der Waals surface area contributed by atoms with Crippen LogP contribution in [0.3, 0.4) is 0 Å². The van der Waals surface area contributed by atoms with Gasteiger partial charge < -0.3 is 19.5 Å². The number of methoxy groups -OCH3 is 1. The maximum absolute atomic E-state index is 12.4. The molecule has 0 heterocycles. The van der Waals surface area contributed by atoms with E-state index in [1.165, 1.54) is 6.08 Å². The third-order valence-electron chi connectivity index (χ3n) is 4.30. The Morgan fingerprint density at radius 3 is 2.26 bits per heavy atom. The van der Waals surface area contributed by atoms with E-state index in [-0.39, 0.29) is 5.91 Å². The Morgan fingerprint density at radius 2 is 1.58 bits per heavy atom. The molecule has 1 amide bonds. The topological polar surface area (TPSA) is 73.9 Å². The molecule has 6 nitrogen and oxygen atoms in total. The molecule has 3 aromatic carbocycles. The van der Waals surface area contributed by atoms with Crippen LogP contribution in [0.15, 0.2) is 78.9 Å². The molecular formula is C25H23NO5. The molecule has 0 atom stereocenters. The fraction of sp³-hybridized carbons (Fsp3) is 0.120. The second-order valence-electron chi connectivity index (χ2n) is 6.43. The number of nitrogens with one attached hydrogen (secondary N) is 1. The van der Waals surface area contributed by atoms with E-state index in [1.807, 2.05) is 31.2 Å². The SMILES string of the molecule is CCOc1ccccc1/C=C/C(=O)Oc1ccc(C(=O)Nc2ccc(OC)cc2)cc1. The largest absolute Gasteiger partial charge is 0.497 e. The van der Waals surface area contributed by atoms with Crippen molar-refractivity contribution in [2.45, 2.75) is 6.92 Å². The minimum absolute atomic E-state index is 0.268. The molecule has 0 saturated heterocycles. The Bertz CT molecular complexity index is 1060. The summed E-state index contributed by atoms with van der Waals surface area (Å²) in [5, 5.41) is 2.80. The molecule has 0 spiro atoms. The predicted octanol–water partition coefficient (Wildman–Crippen LogP) is 4.97. The van der Waals surface area contributed by atoms with Gasteiger partial charge in [-0.2, -0.15) is 0 Å². The first-order valence-corrected chi connectivity index (χ1v) is 9.76. The van der Waals surface area contributed by atoms with Crippen molar-refractivity contribution in [2.24, 2.45) is 0 Å². The van der Waals surface area contributed by atoms with Crippen LogP contribution in [0.5, 0.6) is 17.2 Å². The number of hydrogen-bond donors (Lipinski definition) is 1. The summed E-state index contributed by atoms with van der Waals surface area (Å²) in [6.07, 6.45) is 2.98. The predicted molar refractivity (Wildman–Crippen MR) is 120 cm³/mol. The second-order valence-corrected chi connectivity index (χ2v) is 6.43. The summed E-state index contributed by atoms with van der Waals surface area (Å²) < 4.78 is 15.9. The maximum atomic E-state index is 12.4. The van der Waals surface area contributed by atoms with Crippen LogP contribution >= 0.6 is 0 Å². The molecule has 0 saturated carbocycles. The van der Waals surface area contributed by atoms with Crippen LogP contribution in [0, 0.1) is 0 Å². The van der Waals surface area contributed by atoms with Crippen molar-refractivity contribution in [1.29, 1.82) is 0 Å². The quantitative estimate of drug-likeness (QED) is 0.318. The van der Waals surface area contributed by atoms with Crippen LogP contribution in [0.1, 0.15) is 22.8 Å². The number of para-hydroxylation sites is 1. The third kappa shape index (κ3) is 6.21. The molecule has 6 heteroatoms. The van der Waals surface area contributed by atoms with Crippen molar-refractivity contribution in [2.75, 3.05) is 19.0 Å². The van der Waals surface area contributed by atoms with Gasteiger partial charge in [-0.1, -0.05) is 18.2 Å². The molecule has 0 fully saturated rings. The highest BCUT2D eigenvalue weighted by atomic mass is 16.5. The maximum Gasteiger partial charge on any atom is 0.336 e. The lowest BCUT2D eigenvalue weighted by molar-refractivity contribution is -0.128. The number of carbonyl (C=O) groups excluding carboxylic acids is 2. The van der Waals surface area contributed by atoms with Gasteiger partial charge >= 0.3 is 5.97 Å². The number of hydrogen-bond acceptors (Lipinski definition) is 5. The highest BCUT2D eigenvalue weighted by Gasteiger charge is 2.08. The molecule has 0 aliphatic rings. The van der Waals surface area contributed by atoms with Crippen LogP contribution in [-0.4, -0.2) is 25.6 Å². The Balaban J connectivity index is 1.58. The Kier molecular flexibility index (Phi) is 7.43. The van der Waals surface area contributed by atoms with E-state index in [0.29, 0.717) is 35.1 Å². The first kappa shape index (κ1) is 21.6. The molecule has 0 bridgehead atoms. The summed E-state index contributed by atoms with van der Waals surface area (Å²) in [6, 6.07) is 20.8. The smallest absolute Gasteiger partial charge is 0.336 e. The van der Waals surface area contributed by atoms with Crippen molar-refractivity contribution < 1.29 is 23.8 Å². The van der Waals surface area contributed by atoms with Gasteiger partial charge in [0.15, 0.2) is 0 Å². The van der Waals surface area contributed by atoms with E-state index in [9.17, 15) is 9.59 Å². The van der Waals surface area contributed by atoms with Gasteiger partial charge in [0, 0.05) is 22.9 Å². The lowest BCUT2D eigenvalue weighted by atomic mass is 10.2. The number of amides is 1. The molecule has 0 aliphatic heterocycles. The molecule has 1 N–H and O–H groups in total. The minimum Gasteiger partial charge on any atom is -0.497 e. The normalized spacial score (nSPS) is 10.5. The molecule has 31 heavy (non-hydrogen) atoms. The van der Waals surface area contributed by atoms with Crippen molar-refractivity contribution in [3.63, 3.8) is 0 Å². The number of ether oxygens (including phenoxy) is 3. The summed E-state index contributed by atoms with van der Waals surface area (Å²) in [5.41, 5.74) is 1.88. The van der Waals surface area contributed by atoms with Gasteiger partial charge in [-0.15, -0.1) is 0 Å². The van der Waals surface area contributed by atoms with Gasteiger partial charge in [-0.3, -0.25) is 4.79 Å². The summed E-state index contributed by atoms with van der Waals surface area (Å²) in [7, 11) is 1.58. The van der Waals surface area contributed by atoms with Crippen molar-refractivity contribution in [3.8, 4) is 17.2 Å². The third-order valence-corrected chi connectivity index (χ3v) is 4.30. The monoisotopic (exact) mass is 417 g/mol. The van der Waals surface area contributed by atoms with E-state index in [2.05, 4.69) is 5.32 Å². The number of anilines is 1. The highest BCUT2D eigenvalue weighted by Crippen LogP contribution is 2.20. The minimum atomic E-state index is -0.526.